The smallest absolute Gasteiger partial charge is 0.235 e. The average molecular weight is 199 g/mol. The van der Waals surface area contributed by atoms with Gasteiger partial charge in [-0.2, -0.15) is 0 Å². The molecular formula is C10H21N3O. The van der Waals surface area contributed by atoms with Gasteiger partial charge in [-0.15, -0.1) is 0 Å². The van der Waals surface area contributed by atoms with Crippen LogP contribution in [-0.2, 0) is 4.79 Å². The number of nitrogens with zero attached hydrogens (tertiary/aromatic N) is 1. The van der Waals surface area contributed by atoms with Gasteiger partial charge >= 0.3 is 0 Å². The van der Waals surface area contributed by atoms with Crippen LogP contribution in [0.4, 0.5) is 0 Å². The van der Waals surface area contributed by atoms with E-state index in [0.717, 1.165) is 6.54 Å². The number of primary amides is 1. The van der Waals surface area contributed by atoms with Crippen molar-refractivity contribution in [2.75, 3.05) is 13.1 Å². The number of amides is 1. The first-order chi connectivity index (χ1) is 6.50. The van der Waals surface area contributed by atoms with Crippen LogP contribution in [0.1, 0.15) is 26.7 Å². The second-order valence-electron chi connectivity index (χ2n) is 4.59. The normalized spacial score (nSPS) is 18.9. The molecule has 1 fully saturated rings. The lowest BCUT2D eigenvalue weighted by Crippen LogP contribution is -2.47. The lowest BCUT2D eigenvalue weighted by molar-refractivity contribution is -0.119. The van der Waals surface area contributed by atoms with Crippen molar-refractivity contribution in [3.8, 4) is 0 Å². The van der Waals surface area contributed by atoms with Crippen LogP contribution in [0.3, 0.4) is 0 Å². The third kappa shape index (κ3) is 3.64. The minimum atomic E-state index is -0.519. The predicted octanol–water partition coefficient (Wildman–Crippen LogP) is -0.0806. The number of carbonyl (C=O) groups is 1. The summed E-state index contributed by atoms with van der Waals surface area (Å²) in [5, 5.41) is 0. The largest absolute Gasteiger partial charge is 0.368 e. The van der Waals surface area contributed by atoms with Gasteiger partial charge in [0, 0.05) is 19.1 Å². The molecular weight excluding hydrogens is 178 g/mol. The summed E-state index contributed by atoms with van der Waals surface area (Å²) in [6, 6.07) is 0.122. The van der Waals surface area contributed by atoms with Crippen molar-refractivity contribution in [3.05, 3.63) is 0 Å². The third-order valence-corrected chi connectivity index (χ3v) is 2.46. The van der Waals surface area contributed by atoms with Crippen molar-refractivity contribution < 1.29 is 4.79 Å². The Morgan fingerprint density at radius 3 is 2.36 bits per heavy atom. The van der Waals surface area contributed by atoms with Gasteiger partial charge in [-0.05, 0) is 18.8 Å². The van der Waals surface area contributed by atoms with E-state index in [4.69, 9.17) is 11.5 Å². The number of hydrogen-bond donors (Lipinski definition) is 2. The molecule has 4 N–H and O–H groups in total. The minimum Gasteiger partial charge on any atom is -0.368 e. The molecule has 0 aromatic heterocycles. The van der Waals surface area contributed by atoms with E-state index in [2.05, 4.69) is 18.7 Å². The minimum absolute atomic E-state index is 0.403. The highest BCUT2D eigenvalue weighted by Gasteiger charge is 2.30. The first-order valence-electron chi connectivity index (χ1n) is 5.29. The van der Waals surface area contributed by atoms with Crippen LogP contribution in [0.2, 0.25) is 0 Å². The quantitative estimate of drug-likeness (QED) is 0.628. The summed E-state index contributed by atoms with van der Waals surface area (Å²) in [5.74, 6) is 0.204. The molecule has 1 aliphatic rings. The Hall–Kier alpha value is -0.610. The topological polar surface area (TPSA) is 72.3 Å². The van der Waals surface area contributed by atoms with Crippen LogP contribution in [0.5, 0.6) is 0 Å². The zero-order valence-electron chi connectivity index (χ0n) is 9.07. The maximum atomic E-state index is 10.8. The zero-order chi connectivity index (χ0) is 10.7. The highest BCUT2D eigenvalue weighted by molar-refractivity contribution is 5.79. The number of carbonyl (C=O) groups excluding carboxylic acids is 1. The Labute approximate surface area is 85.6 Å². The van der Waals surface area contributed by atoms with E-state index in [1.165, 1.54) is 12.8 Å². The molecule has 4 heteroatoms. The van der Waals surface area contributed by atoms with E-state index in [1.54, 1.807) is 0 Å². The molecule has 0 aliphatic heterocycles. The maximum absolute atomic E-state index is 10.8. The van der Waals surface area contributed by atoms with Gasteiger partial charge in [-0.25, -0.2) is 0 Å². The maximum Gasteiger partial charge on any atom is 0.235 e. The van der Waals surface area contributed by atoms with Crippen molar-refractivity contribution in [1.29, 1.82) is 0 Å². The first-order valence-corrected chi connectivity index (χ1v) is 5.29. The van der Waals surface area contributed by atoms with Crippen LogP contribution in [0.25, 0.3) is 0 Å². The van der Waals surface area contributed by atoms with E-state index in [1.807, 2.05) is 0 Å². The Kier molecular flexibility index (Phi) is 3.89. The van der Waals surface area contributed by atoms with Gasteiger partial charge in [-0.1, -0.05) is 13.8 Å². The number of nitrogens with two attached hydrogens (primary N) is 2. The van der Waals surface area contributed by atoms with Crippen molar-refractivity contribution in [3.63, 3.8) is 0 Å². The Bertz CT molecular complexity index is 202. The molecule has 4 nitrogen and oxygen atoms in total. The summed E-state index contributed by atoms with van der Waals surface area (Å²) in [7, 11) is 0. The summed E-state index contributed by atoms with van der Waals surface area (Å²) in [5.41, 5.74) is 10.8. The molecule has 14 heavy (non-hydrogen) atoms. The van der Waals surface area contributed by atoms with Crippen LogP contribution >= 0.6 is 0 Å². The molecule has 1 atom stereocenters. The molecule has 0 aromatic rings. The van der Waals surface area contributed by atoms with E-state index < -0.39 is 11.9 Å². The zero-order valence-corrected chi connectivity index (χ0v) is 9.07. The van der Waals surface area contributed by atoms with Gasteiger partial charge < -0.3 is 11.5 Å². The molecule has 0 bridgehead atoms. The molecule has 0 aromatic carbocycles. The van der Waals surface area contributed by atoms with Crippen molar-refractivity contribution in [2.24, 2.45) is 17.4 Å². The molecule has 1 aliphatic carbocycles. The summed E-state index contributed by atoms with van der Waals surface area (Å²) in [6.45, 7) is 5.96. The van der Waals surface area contributed by atoms with Gasteiger partial charge in [-0.3, -0.25) is 9.69 Å². The Morgan fingerprint density at radius 1 is 1.43 bits per heavy atom. The van der Waals surface area contributed by atoms with Crippen molar-refractivity contribution >= 4 is 5.91 Å². The van der Waals surface area contributed by atoms with E-state index in [0.29, 0.717) is 18.5 Å². The molecule has 0 spiro atoms. The van der Waals surface area contributed by atoms with E-state index in [-0.39, 0.29) is 0 Å². The summed E-state index contributed by atoms with van der Waals surface area (Å²) in [4.78, 5) is 13.1. The highest BCUT2D eigenvalue weighted by atomic mass is 16.1. The monoisotopic (exact) mass is 199 g/mol. The van der Waals surface area contributed by atoms with Gasteiger partial charge in [0.2, 0.25) is 5.91 Å². The molecule has 1 amide bonds. The fourth-order valence-corrected chi connectivity index (χ4v) is 1.62. The van der Waals surface area contributed by atoms with Gasteiger partial charge in [0.25, 0.3) is 0 Å². The van der Waals surface area contributed by atoms with Crippen LogP contribution in [0.15, 0.2) is 0 Å². The molecule has 0 saturated heterocycles. The highest BCUT2D eigenvalue weighted by Crippen LogP contribution is 2.27. The molecule has 1 rings (SSSR count). The SMILES string of the molecule is CC(C)CN(CC(N)C(N)=O)C1CC1. The van der Waals surface area contributed by atoms with Crippen molar-refractivity contribution in [1.82, 2.24) is 4.90 Å². The fraction of sp³-hybridized carbons (Fsp3) is 0.900. The Morgan fingerprint density at radius 2 is 2.00 bits per heavy atom. The van der Waals surface area contributed by atoms with Gasteiger partial charge in [0.1, 0.15) is 0 Å². The number of hydrogen-bond acceptors (Lipinski definition) is 3. The van der Waals surface area contributed by atoms with Crippen molar-refractivity contribution in [2.45, 2.75) is 38.8 Å². The van der Waals surface area contributed by atoms with E-state index in [9.17, 15) is 4.79 Å². The summed E-state index contributed by atoms with van der Waals surface area (Å²) in [6.07, 6.45) is 2.47. The molecule has 0 heterocycles. The second kappa shape index (κ2) is 4.75. The van der Waals surface area contributed by atoms with Gasteiger partial charge in [0.15, 0.2) is 0 Å². The summed E-state index contributed by atoms with van der Waals surface area (Å²) >= 11 is 0. The predicted molar refractivity (Wildman–Crippen MR) is 56.6 cm³/mol. The Balaban J connectivity index is 2.38. The van der Waals surface area contributed by atoms with E-state index >= 15 is 0 Å². The van der Waals surface area contributed by atoms with Crippen LogP contribution < -0.4 is 11.5 Å². The molecule has 82 valence electrons. The summed E-state index contributed by atoms with van der Waals surface area (Å²) < 4.78 is 0. The lowest BCUT2D eigenvalue weighted by Gasteiger charge is -2.25. The second-order valence-corrected chi connectivity index (χ2v) is 4.59. The fourth-order valence-electron chi connectivity index (χ4n) is 1.62. The molecule has 0 radical (unpaired) electrons. The first kappa shape index (κ1) is 11.5. The molecule has 1 saturated carbocycles. The number of rotatable bonds is 6. The molecule has 1 unspecified atom stereocenters. The van der Waals surface area contributed by atoms with Gasteiger partial charge in [0.05, 0.1) is 6.04 Å². The van der Waals surface area contributed by atoms with Crippen LogP contribution in [0, 0.1) is 5.92 Å². The lowest BCUT2D eigenvalue weighted by atomic mass is 10.2. The van der Waals surface area contributed by atoms with Crippen LogP contribution in [-0.4, -0.2) is 36.0 Å². The standard InChI is InChI=1S/C10H21N3O/c1-7(2)5-13(8-3-4-8)6-9(11)10(12)14/h7-9H,3-6,11H2,1-2H3,(H2,12,14). The third-order valence-electron chi connectivity index (χ3n) is 2.46. The average Bonchev–Trinajstić information content (AvgIpc) is 2.83.